The van der Waals surface area contributed by atoms with Crippen LogP contribution in [-0.2, 0) is 19.1 Å². The Morgan fingerprint density at radius 3 is 1.79 bits per heavy atom. The minimum Gasteiger partial charge on any atom is -0.481 e. The molecule has 0 radical (unpaired) electrons. The summed E-state index contributed by atoms with van der Waals surface area (Å²) in [5, 5.41) is 9.92. The van der Waals surface area contributed by atoms with Gasteiger partial charge in [-0.3, -0.25) is 14.5 Å². The molecule has 28 heavy (non-hydrogen) atoms. The number of aliphatic carboxylic acids is 1. The number of rotatable bonds is 6. The number of nitrogens with two attached hydrogens (primary N) is 2. The number of primary amides is 1. The van der Waals surface area contributed by atoms with Gasteiger partial charge in [-0.25, -0.2) is 9.59 Å². The number of carbonyl (C=O) groups excluding carboxylic acids is 3. The molecule has 0 spiro atoms. The van der Waals surface area contributed by atoms with E-state index in [-0.39, 0.29) is 19.6 Å². The first kappa shape index (κ1) is 27.7. The Morgan fingerprint density at radius 2 is 1.46 bits per heavy atom. The third kappa shape index (κ3) is 15.7. The molecule has 0 unspecified atom stereocenters. The second-order valence-electron chi connectivity index (χ2n) is 7.78. The quantitative estimate of drug-likeness (QED) is 0.497. The van der Waals surface area contributed by atoms with Gasteiger partial charge in [0.1, 0.15) is 17.2 Å². The van der Waals surface area contributed by atoms with Crippen LogP contribution in [0, 0.1) is 0 Å². The lowest BCUT2D eigenvalue weighted by Gasteiger charge is -2.31. The highest BCUT2D eigenvalue weighted by Gasteiger charge is 2.30. The maximum absolute atomic E-state index is 12.3. The van der Waals surface area contributed by atoms with E-state index in [0.29, 0.717) is 0 Å². The van der Waals surface area contributed by atoms with Gasteiger partial charge >= 0.3 is 12.2 Å². The second kappa shape index (κ2) is 12.0. The molecule has 0 aliphatic rings. The zero-order valence-electron chi connectivity index (χ0n) is 17.7. The van der Waals surface area contributed by atoms with Gasteiger partial charge in [0.25, 0.3) is 5.97 Å². The second-order valence-corrected chi connectivity index (χ2v) is 7.78. The van der Waals surface area contributed by atoms with Crippen molar-refractivity contribution in [1.29, 1.82) is 0 Å². The summed E-state index contributed by atoms with van der Waals surface area (Å²) in [5.74, 6) is -1.58. The molecule has 0 aromatic rings. The summed E-state index contributed by atoms with van der Waals surface area (Å²) in [6, 6.07) is -1.03. The van der Waals surface area contributed by atoms with Crippen molar-refractivity contribution < 1.29 is 33.8 Å². The molecule has 0 aliphatic heterocycles. The van der Waals surface area contributed by atoms with E-state index >= 15 is 0 Å². The monoisotopic (exact) mass is 406 g/mol. The molecule has 0 saturated heterocycles. The average Bonchev–Trinajstić information content (AvgIpc) is 2.41. The van der Waals surface area contributed by atoms with E-state index in [0.717, 1.165) is 11.8 Å². The summed E-state index contributed by atoms with van der Waals surface area (Å²) in [6.45, 7) is 11.3. The maximum Gasteiger partial charge on any atom is 0.411 e. The predicted molar refractivity (Wildman–Crippen MR) is 103 cm³/mol. The molecule has 3 amide bonds. The van der Waals surface area contributed by atoms with Gasteiger partial charge in [0, 0.05) is 26.6 Å². The molecule has 0 saturated carbocycles. The minimum absolute atomic E-state index is 0.00103. The number of ether oxygens (including phenoxy) is 2. The van der Waals surface area contributed by atoms with Gasteiger partial charge in [-0.05, 0) is 41.5 Å². The van der Waals surface area contributed by atoms with Crippen molar-refractivity contribution in [3.8, 4) is 0 Å². The van der Waals surface area contributed by atoms with Gasteiger partial charge in [-0.2, -0.15) is 0 Å². The molecule has 0 aromatic heterocycles. The van der Waals surface area contributed by atoms with Crippen LogP contribution in [0.1, 0.15) is 48.5 Å². The fourth-order valence-corrected chi connectivity index (χ4v) is 1.68. The van der Waals surface area contributed by atoms with Crippen molar-refractivity contribution >= 4 is 24.1 Å². The highest BCUT2D eigenvalue weighted by atomic mass is 16.6. The Bertz CT molecular complexity index is 535. The number of carboxylic acids is 1. The Morgan fingerprint density at radius 1 is 1.04 bits per heavy atom. The minimum atomic E-state index is -1.03. The van der Waals surface area contributed by atoms with Crippen LogP contribution < -0.4 is 16.8 Å². The van der Waals surface area contributed by atoms with Gasteiger partial charge < -0.3 is 31.4 Å². The van der Waals surface area contributed by atoms with Crippen molar-refractivity contribution in [2.75, 3.05) is 19.6 Å². The van der Waals surface area contributed by atoms with Crippen LogP contribution in [0.4, 0.5) is 9.59 Å². The van der Waals surface area contributed by atoms with Gasteiger partial charge in [0.15, 0.2) is 0 Å². The van der Waals surface area contributed by atoms with Crippen LogP contribution >= 0.6 is 0 Å². The summed E-state index contributed by atoms with van der Waals surface area (Å²) in [5.41, 5.74) is 9.43. The van der Waals surface area contributed by atoms with E-state index in [2.05, 4.69) is 5.32 Å². The Labute approximate surface area is 165 Å². The summed E-state index contributed by atoms with van der Waals surface area (Å²) in [6.07, 6.45) is -1.36. The van der Waals surface area contributed by atoms with Crippen LogP contribution in [-0.4, -0.2) is 70.9 Å². The van der Waals surface area contributed by atoms with E-state index in [9.17, 15) is 14.4 Å². The number of alkyl carbamates (subject to hydrolysis) is 1. The van der Waals surface area contributed by atoms with Crippen molar-refractivity contribution in [3.63, 3.8) is 0 Å². The standard InChI is InChI=1S/C15H30N4O5.C2H4O2/c1-14(2,3)23-12(21)18-7-8-19(10(9-16)11(17)20)13(22)24-15(4,5)6;1-2(3)4/h10H,7-9,16H2,1-6H3,(H2,17,20)(H,18,21);1H3,(H,3,4)/t10-;/m0./s1. The molecule has 11 heteroatoms. The van der Waals surface area contributed by atoms with Crippen molar-refractivity contribution in [2.24, 2.45) is 11.5 Å². The van der Waals surface area contributed by atoms with E-state index in [1.807, 2.05) is 0 Å². The summed E-state index contributed by atoms with van der Waals surface area (Å²) in [7, 11) is 0. The Hall–Kier alpha value is -2.56. The van der Waals surface area contributed by atoms with Gasteiger partial charge in [-0.15, -0.1) is 0 Å². The Kier molecular flexibility index (Phi) is 11.9. The number of hydrogen-bond donors (Lipinski definition) is 4. The number of carboxylic acid groups (broad SMARTS) is 1. The number of carbonyl (C=O) groups is 4. The molecule has 0 bridgehead atoms. The summed E-state index contributed by atoms with van der Waals surface area (Å²) < 4.78 is 10.3. The molecule has 0 fully saturated rings. The SMILES string of the molecule is CC(=O)O.CC(C)(C)OC(=O)NCCN(C(=O)OC(C)(C)C)[C@@H](CN)C(N)=O. The Balaban J connectivity index is 0. The van der Waals surface area contributed by atoms with E-state index in [1.54, 1.807) is 41.5 Å². The molecule has 0 aromatic carbocycles. The lowest BCUT2D eigenvalue weighted by Crippen LogP contribution is -2.55. The normalized spacial score (nSPS) is 12.0. The number of amides is 3. The van der Waals surface area contributed by atoms with Crippen molar-refractivity contribution in [1.82, 2.24) is 10.2 Å². The zero-order chi connectivity index (χ0) is 22.7. The largest absolute Gasteiger partial charge is 0.481 e. The number of nitrogens with one attached hydrogen (secondary N) is 1. The topological polar surface area (TPSA) is 174 Å². The van der Waals surface area contributed by atoms with Gasteiger partial charge in [0.05, 0.1) is 0 Å². The molecule has 1 atom stereocenters. The fraction of sp³-hybridized carbons (Fsp3) is 0.765. The maximum atomic E-state index is 12.3. The molecule has 0 aliphatic carbocycles. The van der Waals surface area contributed by atoms with Gasteiger partial charge in [-0.1, -0.05) is 0 Å². The lowest BCUT2D eigenvalue weighted by atomic mass is 10.2. The summed E-state index contributed by atoms with van der Waals surface area (Å²) in [4.78, 5) is 45.5. The van der Waals surface area contributed by atoms with E-state index in [4.69, 9.17) is 30.8 Å². The highest BCUT2D eigenvalue weighted by Crippen LogP contribution is 2.12. The van der Waals surface area contributed by atoms with Crippen LogP contribution in [0.2, 0.25) is 0 Å². The van der Waals surface area contributed by atoms with Crippen LogP contribution in [0.15, 0.2) is 0 Å². The molecular weight excluding hydrogens is 372 g/mol. The highest BCUT2D eigenvalue weighted by molar-refractivity contribution is 5.84. The first-order chi connectivity index (χ1) is 12.5. The van der Waals surface area contributed by atoms with Crippen molar-refractivity contribution in [2.45, 2.75) is 65.7 Å². The van der Waals surface area contributed by atoms with Gasteiger partial charge in [0.2, 0.25) is 5.91 Å². The third-order valence-electron chi connectivity index (χ3n) is 2.58. The van der Waals surface area contributed by atoms with Crippen LogP contribution in [0.5, 0.6) is 0 Å². The van der Waals surface area contributed by atoms with E-state index in [1.165, 1.54) is 0 Å². The predicted octanol–water partition coefficient (Wildman–Crippen LogP) is 0.652. The first-order valence-electron chi connectivity index (χ1n) is 8.65. The smallest absolute Gasteiger partial charge is 0.411 e. The molecule has 164 valence electrons. The summed E-state index contributed by atoms with van der Waals surface area (Å²) >= 11 is 0. The van der Waals surface area contributed by atoms with E-state index < -0.39 is 41.3 Å². The first-order valence-corrected chi connectivity index (χ1v) is 8.65. The molecule has 11 nitrogen and oxygen atoms in total. The lowest BCUT2D eigenvalue weighted by molar-refractivity contribution is -0.134. The third-order valence-corrected chi connectivity index (χ3v) is 2.58. The van der Waals surface area contributed by atoms with Crippen molar-refractivity contribution in [3.05, 3.63) is 0 Å². The molecule has 6 N–H and O–H groups in total. The molecule has 0 rings (SSSR count). The number of hydrogen-bond acceptors (Lipinski definition) is 7. The number of nitrogens with zero attached hydrogens (tertiary/aromatic N) is 1. The fourth-order valence-electron chi connectivity index (χ4n) is 1.68. The van der Waals surface area contributed by atoms with Crippen LogP contribution in [0.25, 0.3) is 0 Å². The molecular formula is C17H34N4O7. The zero-order valence-corrected chi connectivity index (χ0v) is 17.7. The van der Waals surface area contributed by atoms with Crippen LogP contribution in [0.3, 0.4) is 0 Å². The molecule has 0 heterocycles. The average molecular weight is 406 g/mol.